The number of ether oxygens (including phenoxy) is 2. The highest BCUT2D eigenvalue weighted by Crippen LogP contribution is 2.39. The molecule has 0 aromatic heterocycles. The van der Waals surface area contributed by atoms with Gasteiger partial charge in [0.05, 0.1) is 12.2 Å². The second-order valence-corrected chi connectivity index (χ2v) is 4.26. The molecule has 0 amide bonds. The zero-order valence-corrected chi connectivity index (χ0v) is 10.6. The summed E-state index contributed by atoms with van der Waals surface area (Å²) < 4.78 is 11.1. The summed E-state index contributed by atoms with van der Waals surface area (Å²) in [6, 6.07) is 3.60. The van der Waals surface area contributed by atoms with Gasteiger partial charge >= 0.3 is 0 Å². The molecule has 0 atom stereocenters. The van der Waals surface area contributed by atoms with E-state index in [1.54, 1.807) is 6.07 Å². The van der Waals surface area contributed by atoms with Crippen LogP contribution in [0, 0.1) is 6.92 Å². The van der Waals surface area contributed by atoms with Gasteiger partial charge in [0.25, 0.3) is 0 Å². The highest BCUT2D eigenvalue weighted by molar-refractivity contribution is 6.13. The van der Waals surface area contributed by atoms with E-state index in [0.717, 1.165) is 16.9 Å². The van der Waals surface area contributed by atoms with Gasteiger partial charge in [0.1, 0.15) is 11.5 Å². The molecule has 0 saturated carbocycles. The van der Waals surface area contributed by atoms with Crippen LogP contribution in [0.15, 0.2) is 23.5 Å². The summed E-state index contributed by atoms with van der Waals surface area (Å²) in [5.41, 5.74) is 2.40. The van der Waals surface area contributed by atoms with Crippen LogP contribution in [0.3, 0.4) is 0 Å². The highest BCUT2D eigenvalue weighted by Gasteiger charge is 2.30. The van der Waals surface area contributed by atoms with Crippen LogP contribution < -0.4 is 9.47 Å². The van der Waals surface area contributed by atoms with Gasteiger partial charge in [-0.15, -0.1) is 0 Å². The maximum atomic E-state index is 12.0. The fourth-order valence-electron chi connectivity index (χ4n) is 1.90. The molecular formula is C14H16O3. The van der Waals surface area contributed by atoms with Gasteiger partial charge in [-0.1, -0.05) is 0 Å². The normalized spacial score (nSPS) is 13.4. The van der Waals surface area contributed by atoms with Gasteiger partial charge in [0.15, 0.2) is 5.76 Å². The lowest BCUT2D eigenvalue weighted by atomic mass is 10.1. The van der Waals surface area contributed by atoms with E-state index in [2.05, 4.69) is 0 Å². The van der Waals surface area contributed by atoms with Crippen molar-refractivity contribution < 1.29 is 14.3 Å². The average Bonchev–Trinajstić information content (AvgIpc) is 2.61. The van der Waals surface area contributed by atoms with Crippen LogP contribution in [-0.4, -0.2) is 12.4 Å². The maximum Gasteiger partial charge on any atom is 0.231 e. The molecule has 17 heavy (non-hydrogen) atoms. The first kappa shape index (κ1) is 11.7. The predicted molar refractivity (Wildman–Crippen MR) is 65.7 cm³/mol. The first-order valence-corrected chi connectivity index (χ1v) is 5.72. The summed E-state index contributed by atoms with van der Waals surface area (Å²) in [5, 5.41) is 0. The first-order chi connectivity index (χ1) is 8.06. The van der Waals surface area contributed by atoms with Crippen molar-refractivity contribution in [2.24, 2.45) is 0 Å². The van der Waals surface area contributed by atoms with Crippen LogP contribution in [0.5, 0.6) is 11.5 Å². The zero-order valence-electron chi connectivity index (χ0n) is 10.6. The molecule has 0 radical (unpaired) electrons. The lowest BCUT2D eigenvalue weighted by Crippen LogP contribution is -2.00. The molecule has 1 aromatic carbocycles. The van der Waals surface area contributed by atoms with Crippen molar-refractivity contribution in [2.75, 3.05) is 6.61 Å². The molecule has 0 N–H and O–H groups in total. The maximum absolute atomic E-state index is 12.0. The summed E-state index contributed by atoms with van der Waals surface area (Å²) in [6.07, 6.45) is 0. The number of hydrogen-bond acceptors (Lipinski definition) is 3. The van der Waals surface area contributed by atoms with Crippen LogP contribution in [0.4, 0.5) is 0 Å². The van der Waals surface area contributed by atoms with E-state index in [-0.39, 0.29) is 5.78 Å². The van der Waals surface area contributed by atoms with E-state index >= 15 is 0 Å². The fourth-order valence-corrected chi connectivity index (χ4v) is 1.90. The van der Waals surface area contributed by atoms with Crippen LogP contribution in [0.1, 0.15) is 36.7 Å². The van der Waals surface area contributed by atoms with Crippen LogP contribution in [0.25, 0.3) is 0 Å². The van der Waals surface area contributed by atoms with Crippen molar-refractivity contribution in [1.82, 2.24) is 0 Å². The van der Waals surface area contributed by atoms with Crippen molar-refractivity contribution in [1.29, 1.82) is 0 Å². The van der Waals surface area contributed by atoms with Crippen molar-refractivity contribution >= 4 is 5.78 Å². The van der Waals surface area contributed by atoms with E-state index in [1.807, 2.05) is 33.8 Å². The number of allylic oxidation sites excluding steroid dienone is 2. The molecule has 0 aliphatic carbocycles. The third-order valence-electron chi connectivity index (χ3n) is 2.77. The lowest BCUT2D eigenvalue weighted by Gasteiger charge is -2.09. The average molecular weight is 232 g/mol. The van der Waals surface area contributed by atoms with E-state index in [4.69, 9.17) is 9.47 Å². The number of carbonyl (C=O) groups is 1. The number of benzene rings is 1. The Labute approximate surface area is 101 Å². The molecular weight excluding hydrogens is 216 g/mol. The van der Waals surface area contributed by atoms with Crippen molar-refractivity contribution in [2.45, 2.75) is 27.7 Å². The number of Topliss-reactive ketones (excluding diaryl/α,β-unsaturated/α-hetero) is 1. The second kappa shape index (κ2) is 4.24. The van der Waals surface area contributed by atoms with Gasteiger partial charge in [-0.2, -0.15) is 0 Å². The minimum Gasteiger partial charge on any atom is -0.493 e. The van der Waals surface area contributed by atoms with Crippen molar-refractivity contribution in [3.63, 3.8) is 0 Å². The van der Waals surface area contributed by atoms with E-state index in [0.29, 0.717) is 23.7 Å². The van der Waals surface area contributed by atoms with Gasteiger partial charge in [-0.25, -0.2) is 0 Å². The van der Waals surface area contributed by atoms with Crippen molar-refractivity contribution in [3.05, 3.63) is 34.6 Å². The van der Waals surface area contributed by atoms with E-state index < -0.39 is 0 Å². The second-order valence-electron chi connectivity index (χ2n) is 4.26. The standard InChI is InChI=1S/C14H16O3/c1-5-16-11-7-6-10-12(15)13(8(2)3)17-14(10)9(11)4/h6-7H,5H2,1-4H3. The molecule has 3 heteroatoms. The summed E-state index contributed by atoms with van der Waals surface area (Å²) >= 11 is 0. The molecule has 1 heterocycles. The molecule has 1 aliphatic heterocycles. The van der Waals surface area contributed by atoms with Crippen LogP contribution in [-0.2, 0) is 0 Å². The topological polar surface area (TPSA) is 35.5 Å². The summed E-state index contributed by atoms with van der Waals surface area (Å²) in [4.78, 5) is 12.0. The Morgan fingerprint density at radius 2 is 2.06 bits per heavy atom. The number of carbonyl (C=O) groups excluding carboxylic acids is 1. The molecule has 0 saturated heterocycles. The van der Waals surface area contributed by atoms with E-state index in [1.165, 1.54) is 0 Å². The molecule has 2 rings (SSSR count). The zero-order chi connectivity index (χ0) is 12.6. The number of rotatable bonds is 2. The van der Waals surface area contributed by atoms with Gasteiger partial charge < -0.3 is 9.47 Å². The lowest BCUT2D eigenvalue weighted by molar-refractivity contribution is 0.101. The SMILES string of the molecule is CCOc1ccc2c(c1C)OC(=C(C)C)C2=O. The van der Waals surface area contributed by atoms with Crippen molar-refractivity contribution in [3.8, 4) is 11.5 Å². The largest absolute Gasteiger partial charge is 0.493 e. The Kier molecular flexibility index (Phi) is 2.92. The molecule has 90 valence electrons. The fraction of sp³-hybridized carbons (Fsp3) is 0.357. The monoisotopic (exact) mass is 232 g/mol. The third-order valence-corrected chi connectivity index (χ3v) is 2.77. The quantitative estimate of drug-likeness (QED) is 0.734. The molecule has 1 aliphatic rings. The molecule has 0 spiro atoms. The molecule has 3 nitrogen and oxygen atoms in total. The summed E-state index contributed by atoms with van der Waals surface area (Å²) in [6.45, 7) is 8.18. The molecule has 0 unspecified atom stereocenters. The first-order valence-electron chi connectivity index (χ1n) is 5.72. The molecule has 0 bridgehead atoms. The number of fused-ring (bicyclic) bond motifs is 1. The number of hydrogen-bond donors (Lipinski definition) is 0. The Balaban J connectivity index is 2.52. The molecule has 1 aromatic rings. The van der Waals surface area contributed by atoms with Crippen LogP contribution in [0.2, 0.25) is 0 Å². The Hall–Kier alpha value is -1.77. The summed E-state index contributed by atoms with van der Waals surface area (Å²) in [7, 11) is 0. The molecule has 0 fully saturated rings. The van der Waals surface area contributed by atoms with Gasteiger partial charge in [0.2, 0.25) is 5.78 Å². The highest BCUT2D eigenvalue weighted by atomic mass is 16.5. The summed E-state index contributed by atoms with van der Waals surface area (Å²) in [5.74, 6) is 1.81. The van der Waals surface area contributed by atoms with E-state index in [9.17, 15) is 4.79 Å². The Morgan fingerprint density at radius 1 is 1.35 bits per heavy atom. The minimum atomic E-state index is -0.0360. The number of ketones is 1. The smallest absolute Gasteiger partial charge is 0.231 e. The predicted octanol–water partition coefficient (Wildman–Crippen LogP) is 3.26. The van der Waals surface area contributed by atoms with Gasteiger partial charge in [-0.3, -0.25) is 4.79 Å². The Morgan fingerprint density at radius 3 is 2.65 bits per heavy atom. The third kappa shape index (κ3) is 1.82. The van der Waals surface area contributed by atoms with Gasteiger partial charge in [0, 0.05) is 5.56 Å². The Bertz CT molecular complexity index is 508. The van der Waals surface area contributed by atoms with Gasteiger partial charge in [-0.05, 0) is 45.4 Å². The minimum absolute atomic E-state index is 0.0360. The van der Waals surface area contributed by atoms with Crippen LogP contribution >= 0.6 is 0 Å².